The van der Waals surface area contributed by atoms with Crippen molar-refractivity contribution in [2.24, 2.45) is 16.3 Å². The minimum atomic E-state index is -2.80. The maximum absolute atomic E-state index is 15.4. The van der Waals surface area contributed by atoms with Crippen LogP contribution in [0.15, 0.2) is 59.9 Å². The molecule has 1 aliphatic carbocycles. The molecule has 4 aromatic rings. The Morgan fingerprint density at radius 1 is 1.07 bits per heavy atom. The second-order valence-corrected chi connectivity index (χ2v) is 16.6. The van der Waals surface area contributed by atoms with Gasteiger partial charge in [0.2, 0.25) is 5.96 Å². The highest BCUT2D eigenvalue weighted by Gasteiger charge is 2.54. The number of alkyl halides is 2. The molecule has 13 nitrogen and oxygen atoms in total. The molecule has 55 heavy (non-hydrogen) atoms. The number of carbonyl (C=O) groups is 3. The number of esters is 1. The highest BCUT2D eigenvalue weighted by Crippen LogP contribution is 2.46. The zero-order valence-corrected chi connectivity index (χ0v) is 32.6. The number of aryl methyl sites for hydroxylation is 1. The van der Waals surface area contributed by atoms with Gasteiger partial charge in [-0.1, -0.05) is 62.7 Å². The molecule has 1 aliphatic heterocycles. The number of aromatic nitrogens is 5. The maximum atomic E-state index is 15.4. The van der Waals surface area contributed by atoms with Gasteiger partial charge in [-0.2, -0.15) is 19.0 Å². The summed E-state index contributed by atoms with van der Waals surface area (Å²) in [5.41, 5.74) is -0.461. The van der Waals surface area contributed by atoms with Crippen molar-refractivity contribution >= 4 is 35.5 Å². The first-order chi connectivity index (χ1) is 25.8. The van der Waals surface area contributed by atoms with Gasteiger partial charge < -0.3 is 9.47 Å². The predicted molar refractivity (Wildman–Crippen MR) is 201 cm³/mol. The third kappa shape index (κ3) is 9.21. The van der Waals surface area contributed by atoms with E-state index in [1.807, 2.05) is 20.8 Å². The van der Waals surface area contributed by atoms with Gasteiger partial charge in [0.05, 0.1) is 17.3 Å². The number of hydrogen-bond acceptors (Lipinski definition) is 9. The fraction of sp³-hybridized carbons (Fsp3) is 0.462. The fourth-order valence-corrected chi connectivity index (χ4v) is 6.75. The van der Waals surface area contributed by atoms with Crippen LogP contribution in [0.2, 0.25) is 5.02 Å². The molecule has 0 unspecified atom stereocenters. The second-order valence-electron chi connectivity index (χ2n) is 16.2. The van der Waals surface area contributed by atoms with E-state index in [-0.39, 0.29) is 31.3 Å². The van der Waals surface area contributed by atoms with E-state index in [0.29, 0.717) is 49.2 Å². The van der Waals surface area contributed by atoms with Crippen LogP contribution in [-0.4, -0.2) is 66.0 Å². The van der Waals surface area contributed by atoms with Crippen molar-refractivity contribution in [1.29, 1.82) is 0 Å². The summed E-state index contributed by atoms with van der Waals surface area (Å²) in [7, 11) is 0. The van der Waals surface area contributed by atoms with Crippen LogP contribution in [0.5, 0.6) is 0 Å². The van der Waals surface area contributed by atoms with Crippen molar-refractivity contribution in [1.82, 2.24) is 35.2 Å². The second kappa shape index (κ2) is 15.2. The molecule has 2 atom stereocenters. The Labute approximate surface area is 322 Å². The quantitative estimate of drug-likeness (QED) is 0.145. The van der Waals surface area contributed by atoms with Crippen LogP contribution >= 0.6 is 11.6 Å². The van der Waals surface area contributed by atoms with Crippen molar-refractivity contribution < 1.29 is 32.6 Å². The number of rotatable bonds is 11. The van der Waals surface area contributed by atoms with Crippen LogP contribution in [0, 0.1) is 18.3 Å². The zero-order valence-electron chi connectivity index (χ0n) is 31.8. The first-order valence-corrected chi connectivity index (χ1v) is 18.4. The molecule has 2 amide bonds. The van der Waals surface area contributed by atoms with E-state index < -0.39 is 47.1 Å². The minimum Gasteiger partial charge on any atom is -0.463 e. The monoisotopic (exact) mass is 778 g/mol. The smallest absolute Gasteiger partial charge is 0.414 e. The molecular weight excluding hydrogens is 734 g/mol. The molecule has 2 N–H and O–H groups in total. The number of aromatic amines is 1. The van der Waals surface area contributed by atoms with Gasteiger partial charge in [0, 0.05) is 23.7 Å². The van der Waals surface area contributed by atoms with Gasteiger partial charge in [0.15, 0.2) is 11.4 Å². The van der Waals surface area contributed by atoms with Crippen LogP contribution in [0.25, 0.3) is 22.5 Å². The lowest BCUT2D eigenvalue weighted by molar-refractivity contribution is -0.148. The number of guanidine groups is 1. The summed E-state index contributed by atoms with van der Waals surface area (Å²) in [6, 6.07) is 10.9. The van der Waals surface area contributed by atoms with Gasteiger partial charge in [-0.05, 0) is 87.1 Å². The lowest BCUT2D eigenvalue weighted by atomic mass is 9.75. The van der Waals surface area contributed by atoms with Crippen molar-refractivity contribution in [3.8, 4) is 22.5 Å². The largest absolute Gasteiger partial charge is 0.463 e. The van der Waals surface area contributed by atoms with E-state index in [2.05, 4.69) is 25.6 Å². The van der Waals surface area contributed by atoms with Crippen LogP contribution in [0.3, 0.4) is 0 Å². The SMILES string of the molecule is Cc1nc(-c2cc([C@@H](COC(=O)CC3CC3)N3C(=O)[C@@](CC(C)(C)C)(c4ccc(-c5cnn(C(F)F)c5)cc4)N=C3NC(=O)OC(C)(C)C)ccc2Cl)n[nH]1. The maximum Gasteiger partial charge on any atom is 0.414 e. The Balaban J connectivity index is 1.48. The molecule has 0 radical (unpaired) electrons. The molecule has 0 bridgehead atoms. The highest BCUT2D eigenvalue weighted by molar-refractivity contribution is 6.33. The summed E-state index contributed by atoms with van der Waals surface area (Å²) in [6.45, 7) is 9.72. The summed E-state index contributed by atoms with van der Waals surface area (Å²) in [4.78, 5) is 52.8. The van der Waals surface area contributed by atoms with Crippen molar-refractivity contribution in [2.75, 3.05) is 6.61 Å². The summed E-state index contributed by atoms with van der Waals surface area (Å²) in [5, 5.41) is 13.9. The molecule has 0 spiro atoms. The number of aliphatic imine (C=N–C) groups is 1. The topological polar surface area (TPSA) is 157 Å². The average molecular weight is 779 g/mol. The van der Waals surface area contributed by atoms with Crippen LogP contribution in [0.4, 0.5) is 13.6 Å². The van der Waals surface area contributed by atoms with Crippen molar-refractivity contribution in [3.63, 3.8) is 0 Å². The number of H-pyrrole nitrogens is 1. The lowest BCUT2D eigenvalue weighted by Gasteiger charge is -2.35. The Morgan fingerprint density at radius 3 is 2.36 bits per heavy atom. The number of ether oxygens (including phenoxy) is 2. The zero-order chi connectivity index (χ0) is 39.9. The summed E-state index contributed by atoms with van der Waals surface area (Å²) in [6.07, 6.45) is 4.05. The van der Waals surface area contributed by atoms with E-state index in [1.165, 1.54) is 17.3 Å². The van der Waals surface area contributed by atoms with Gasteiger partial charge >= 0.3 is 18.6 Å². The number of amides is 2. The Hall–Kier alpha value is -5.18. The molecular formula is C39H45ClF2N8O5. The molecule has 0 saturated heterocycles. The van der Waals surface area contributed by atoms with E-state index in [4.69, 9.17) is 26.1 Å². The lowest BCUT2D eigenvalue weighted by Crippen LogP contribution is -2.50. The van der Waals surface area contributed by atoms with Gasteiger partial charge in [0.25, 0.3) is 5.91 Å². The van der Waals surface area contributed by atoms with Crippen molar-refractivity contribution in [3.05, 3.63) is 76.8 Å². The Morgan fingerprint density at radius 2 is 1.78 bits per heavy atom. The summed E-state index contributed by atoms with van der Waals surface area (Å²) < 4.78 is 38.7. The molecule has 6 rings (SSSR count). The predicted octanol–water partition coefficient (Wildman–Crippen LogP) is 8.13. The Bertz CT molecular complexity index is 2100. The summed E-state index contributed by atoms with van der Waals surface area (Å²) >= 11 is 6.66. The number of nitrogens with zero attached hydrogens (tertiary/aromatic N) is 6. The molecule has 1 saturated carbocycles. The van der Waals surface area contributed by atoms with E-state index in [0.717, 1.165) is 12.8 Å². The fourth-order valence-electron chi connectivity index (χ4n) is 6.55. The van der Waals surface area contributed by atoms with E-state index in [9.17, 15) is 18.4 Å². The van der Waals surface area contributed by atoms with Crippen molar-refractivity contribution in [2.45, 2.75) is 97.9 Å². The molecule has 2 aromatic heterocycles. The molecule has 16 heteroatoms. The first kappa shape index (κ1) is 39.5. The third-order valence-corrected chi connectivity index (χ3v) is 9.40. The van der Waals surface area contributed by atoms with Crippen LogP contribution < -0.4 is 5.32 Å². The molecule has 3 heterocycles. The molecule has 2 aliphatic rings. The van der Waals surface area contributed by atoms with Gasteiger partial charge in [-0.3, -0.25) is 24.9 Å². The standard InChI is InChI=1S/C39H45ClF2N8O5/c1-22-44-32(48-47-22)28-17-25(12-15-29(28)40)30(20-54-31(51)16-23-8-9-23)50-33(52)39(21-37(2,3)4,46-35(50)45-36(53)55-38(5,6)7)27-13-10-24(11-14-27)26-18-43-49(19-26)34(41)42/h10-15,17-19,23,30,34H,8-9,16,20-21H2,1-7H3,(H,44,47,48)(H,45,46,53)/t30-,39-/m1/s1. The van der Waals surface area contributed by atoms with Gasteiger partial charge in [-0.15, -0.1) is 0 Å². The molecule has 292 valence electrons. The highest BCUT2D eigenvalue weighted by atomic mass is 35.5. The third-order valence-electron chi connectivity index (χ3n) is 9.07. The number of carbonyl (C=O) groups excluding carboxylic acids is 3. The van der Waals surface area contributed by atoms with Gasteiger partial charge in [0.1, 0.15) is 18.0 Å². The van der Waals surface area contributed by atoms with Crippen LogP contribution in [-0.2, 0) is 24.6 Å². The first-order valence-electron chi connectivity index (χ1n) is 18.0. The van der Waals surface area contributed by atoms with E-state index >= 15 is 4.79 Å². The molecule has 1 fully saturated rings. The minimum absolute atomic E-state index is 0.112. The van der Waals surface area contributed by atoms with E-state index in [1.54, 1.807) is 70.2 Å². The average Bonchev–Trinajstić information content (AvgIpc) is 3.45. The van der Waals surface area contributed by atoms with Crippen LogP contribution in [0.1, 0.15) is 96.8 Å². The number of alkyl carbamates (subject to hydrolysis) is 1. The Kier molecular flexibility index (Phi) is 10.9. The molecule has 2 aromatic carbocycles. The number of benzene rings is 2. The number of nitrogens with one attached hydrogen (secondary N) is 2. The number of hydrogen-bond donors (Lipinski definition) is 2. The summed E-state index contributed by atoms with van der Waals surface area (Å²) in [5.74, 6) is 0.119. The number of halogens is 3. The van der Waals surface area contributed by atoms with Gasteiger partial charge in [-0.25, -0.2) is 19.5 Å². The normalized spacial score (nSPS) is 18.1.